The molecule has 1 heterocycles. The van der Waals surface area contributed by atoms with Crippen LogP contribution in [0.5, 0.6) is 11.5 Å². The van der Waals surface area contributed by atoms with Crippen LogP contribution in [0, 0.1) is 5.82 Å². The maximum atomic E-state index is 12.9. The minimum Gasteiger partial charge on any atom is -0.493 e. The maximum Gasteiger partial charge on any atom is 0.276 e. The number of rotatable bonds is 8. The molecule has 8 heteroatoms. The molecule has 1 amide bonds. The van der Waals surface area contributed by atoms with E-state index in [1.54, 1.807) is 26.4 Å². The Morgan fingerprint density at radius 3 is 2.38 bits per heavy atom. The van der Waals surface area contributed by atoms with E-state index < -0.39 is 5.91 Å². The van der Waals surface area contributed by atoms with Crippen LogP contribution in [0.25, 0.3) is 0 Å². The lowest BCUT2D eigenvalue weighted by molar-refractivity contribution is 0.102. The highest BCUT2D eigenvalue weighted by molar-refractivity contribution is 6.02. The number of aromatic nitrogens is 2. The number of nitrogens with one attached hydrogen (secondary N) is 2. The van der Waals surface area contributed by atoms with Gasteiger partial charge in [0.2, 0.25) is 0 Å². The van der Waals surface area contributed by atoms with E-state index in [9.17, 15) is 9.18 Å². The van der Waals surface area contributed by atoms with Crippen molar-refractivity contribution in [2.75, 3.05) is 31.4 Å². The first-order chi connectivity index (χ1) is 14.1. The molecule has 150 valence electrons. The molecule has 3 rings (SSSR count). The molecule has 0 aliphatic carbocycles. The summed E-state index contributed by atoms with van der Waals surface area (Å²) in [5.74, 6) is 1.14. The van der Waals surface area contributed by atoms with Gasteiger partial charge in [-0.15, -0.1) is 10.2 Å². The number of halogens is 1. The van der Waals surface area contributed by atoms with E-state index in [1.165, 1.54) is 24.3 Å². The number of methoxy groups -OCH3 is 2. The largest absolute Gasteiger partial charge is 0.493 e. The molecule has 0 aliphatic rings. The number of benzene rings is 2. The van der Waals surface area contributed by atoms with Gasteiger partial charge >= 0.3 is 0 Å². The third-order valence-corrected chi connectivity index (χ3v) is 4.17. The first kappa shape index (κ1) is 20.1. The minimum absolute atomic E-state index is 0.166. The fraction of sp³-hybridized carbons (Fsp3) is 0.190. The van der Waals surface area contributed by atoms with Crippen molar-refractivity contribution >= 4 is 17.4 Å². The van der Waals surface area contributed by atoms with Gasteiger partial charge in [0.1, 0.15) is 11.6 Å². The maximum absolute atomic E-state index is 12.9. The first-order valence-electron chi connectivity index (χ1n) is 8.94. The van der Waals surface area contributed by atoms with Gasteiger partial charge in [0.25, 0.3) is 5.91 Å². The zero-order valence-corrected chi connectivity index (χ0v) is 16.1. The summed E-state index contributed by atoms with van der Waals surface area (Å²) < 4.78 is 23.5. The molecule has 2 N–H and O–H groups in total. The number of carbonyl (C=O) groups is 1. The highest BCUT2D eigenvalue weighted by atomic mass is 19.1. The predicted molar refractivity (Wildman–Crippen MR) is 108 cm³/mol. The second-order valence-electron chi connectivity index (χ2n) is 6.13. The molecular weight excluding hydrogens is 375 g/mol. The monoisotopic (exact) mass is 396 g/mol. The lowest BCUT2D eigenvalue weighted by Crippen LogP contribution is -2.15. The molecule has 0 atom stereocenters. The van der Waals surface area contributed by atoms with Gasteiger partial charge in [-0.3, -0.25) is 4.79 Å². The zero-order chi connectivity index (χ0) is 20.6. The second kappa shape index (κ2) is 9.50. The first-order valence-corrected chi connectivity index (χ1v) is 8.94. The number of carbonyl (C=O) groups excluding carboxylic acids is 1. The fourth-order valence-electron chi connectivity index (χ4n) is 2.65. The van der Waals surface area contributed by atoms with Gasteiger partial charge in [0.15, 0.2) is 17.2 Å². The molecule has 2 aromatic carbocycles. The summed E-state index contributed by atoms with van der Waals surface area (Å²) in [5, 5.41) is 13.8. The Bertz CT molecular complexity index is 963. The number of hydrogen-bond acceptors (Lipinski definition) is 6. The Morgan fingerprint density at radius 2 is 1.72 bits per heavy atom. The fourth-order valence-corrected chi connectivity index (χ4v) is 2.65. The molecule has 1 aromatic heterocycles. The van der Waals surface area contributed by atoms with Crippen LogP contribution in [0.15, 0.2) is 54.6 Å². The SMILES string of the molecule is COc1ccc(CCNc2ccc(C(=O)Nc3ccc(F)cc3)nn2)cc1OC. The van der Waals surface area contributed by atoms with E-state index in [4.69, 9.17) is 9.47 Å². The van der Waals surface area contributed by atoms with E-state index in [-0.39, 0.29) is 11.5 Å². The summed E-state index contributed by atoms with van der Waals surface area (Å²) >= 11 is 0. The number of ether oxygens (including phenoxy) is 2. The summed E-state index contributed by atoms with van der Waals surface area (Å²) in [6, 6.07) is 14.5. The molecule has 3 aromatic rings. The van der Waals surface area contributed by atoms with Gasteiger partial charge in [-0.2, -0.15) is 0 Å². The van der Waals surface area contributed by atoms with Crippen LogP contribution in [0.3, 0.4) is 0 Å². The third kappa shape index (κ3) is 5.41. The van der Waals surface area contributed by atoms with Crippen molar-refractivity contribution in [3.8, 4) is 11.5 Å². The molecule has 0 saturated heterocycles. The van der Waals surface area contributed by atoms with Gasteiger partial charge in [-0.05, 0) is 60.5 Å². The topological polar surface area (TPSA) is 85.4 Å². The summed E-state index contributed by atoms with van der Waals surface area (Å²) in [6.07, 6.45) is 0.745. The van der Waals surface area contributed by atoms with Crippen molar-refractivity contribution < 1.29 is 18.7 Å². The lowest BCUT2D eigenvalue weighted by atomic mass is 10.1. The van der Waals surface area contributed by atoms with Gasteiger partial charge in [-0.25, -0.2) is 4.39 Å². The number of anilines is 2. The van der Waals surface area contributed by atoms with Crippen molar-refractivity contribution in [2.45, 2.75) is 6.42 Å². The molecule has 0 bridgehead atoms. The van der Waals surface area contributed by atoms with Crippen LogP contribution in [0.4, 0.5) is 15.9 Å². The van der Waals surface area contributed by atoms with Crippen LogP contribution in [-0.4, -0.2) is 36.9 Å². The molecule has 0 unspecified atom stereocenters. The smallest absolute Gasteiger partial charge is 0.276 e. The second-order valence-corrected chi connectivity index (χ2v) is 6.13. The lowest BCUT2D eigenvalue weighted by Gasteiger charge is -2.10. The minimum atomic E-state index is -0.416. The van der Waals surface area contributed by atoms with Crippen LogP contribution < -0.4 is 20.1 Å². The Morgan fingerprint density at radius 1 is 0.966 bits per heavy atom. The van der Waals surface area contributed by atoms with Gasteiger partial charge in [0.05, 0.1) is 14.2 Å². The molecule has 29 heavy (non-hydrogen) atoms. The molecular formula is C21H21FN4O3. The van der Waals surface area contributed by atoms with Gasteiger partial charge in [-0.1, -0.05) is 6.07 Å². The molecule has 0 saturated carbocycles. The molecule has 0 fully saturated rings. The van der Waals surface area contributed by atoms with E-state index in [2.05, 4.69) is 20.8 Å². The summed E-state index contributed by atoms with van der Waals surface area (Å²) in [4.78, 5) is 12.2. The van der Waals surface area contributed by atoms with E-state index >= 15 is 0 Å². The van der Waals surface area contributed by atoms with Crippen LogP contribution in [0.2, 0.25) is 0 Å². The number of hydrogen-bond donors (Lipinski definition) is 2. The Labute approximate surface area is 167 Å². The van der Waals surface area contributed by atoms with Crippen molar-refractivity contribution in [3.05, 3.63) is 71.7 Å². The van der Waals surface area contributed by atoms with E-state index in [0.29, 0.717) is 29.5 Å². The molecule has 0 aliphatic heterocycles. The van der Waals surface area contributed by atoms with Crippen molar-refractivity contribution in [1.29, 1.82) is 0 Å². The third-order valence-electron chi connectivity index (χ3n) is 4.17. The molecule has 7 nitrogen and oxygen atoms in total. The highest BCUT2D eigenvalue weighted by Gasteiger charge is 2.09. The van der Waals surface area contributed by atoms with Crippen LogP contribution in [-0.2, 0) is 6.42 Å². The van der Waals surface area contributed by atoms with Crippen LogP contribution in [0.1, 0.15) is 16.1 Å². The van der Waals surface area contributed by atoms with Crippen molar-refractivity contribution in [2.24, 2.45) is 0 Å². The van der Waals surface area contributed by atoms with Gasteiger partial charge in [0, 0.05) is 12.2 Å². The Balaban J connectivity index is 1.52. The van der Waals surface area contributed by atoms with Crippen molar-refractivity contribution in [3.63, 3.8) is 0 Å². The number of amides is 1. The van der Waals surface area contributed by atoms with E-state index in [1.807, 2.05) is 18.2 Å². The molecule has 0 radical (unpaired) electrons. The van der Waals surface area contributed by atoms with Crippen LogP contribution >= 0.6 is 0 Å². The predicted octanol–water partition coefficient (Wildman–Crippen LogP) is 3.54. The zero-order valence-electron chi connectivity index (χ0n) is 16.1. The normalized spacial score (nSPS) is 10.3. The van der Waals surface area contributed by atoms with Crippen molar-refractivity contribution in [1.82, 2.24) is 10.2 Å². The highest BCUT2D eigenvalue weighted by Crippen LogP contribution is 2.27. The molecule has 0 spiro atoms. The Kier molecular flexibility index (Phi) is 6.57. The summed E-state index contributed by atoms with van der Waals surface area (Å²) in [7, 11) is 3.20. The average molecular weight is 396 g/mol. The van der Waals surface area contributed by atoms with E-state index in [0.717, 1.165) is 12.0 Å². The number of nitrogens with zero attached hydrogens (tertiary/aromatic N) is 2. The average Bonchev–Trinajstić information content (AvgIpc) is 2.75. The quantitative estimate of drug-likeness (QED) is 0.606. The summed E-state index contributed by atoms with van der Waals surface area (Å²) in [6.45, 7) is 0.630. The van der Waals surface area contributed by atoms with Gasteiger partial charge < -0.3 is 20.1 Å². The Hall–Kier alpha value is -3.68. The standard InChI is InChI=1S/C21H21FN4O3/c1-28-18-9-3-14(13-19(18)29-2)11-12-23-20-10-8-17(25-26-20)21(27)24-16-6-4-15(22)5-7-16/h3-10,13H,11-12H2,1-2H3,(H,23,26)(H,24,27). The summed E-state index contributed by atoms with van der Waals surface area (Å²) in [5.41, 5.74) is 1.73.